The van der Waals surface area contributed by atoms with Gasteiger partial charge >= 0.3 is 0 Å². The fourth-order valence-electron chi connectivity index (χ4n) is 2.58. The van der Waals surface area contributed by atoms with Crippen LogP contribution in [0.2, 0.25) is 0 Å². The van der Waals surface area contributed by atoms with E-state index in [1.807, 2.05) is 6.92 Å². The quantitative estimate of drug-likeness (QED) is 0.798. The minimum absolute atomic E-state index is 0.129. The number of sulfone groups is 1. The Morgan fingerprint density at radius 1 is 1.25 bits per heavy atom. The molecule has 24 heavy (non-hydrogen) atoms. The van der Waals surface area contributed by atoms with Gasteiger partial charge < -0.3 is 14.1 Å². The molecule has 0 unspecified atom stereocenters. The standard InChI is InChI=1S/C17H19NO5S/c1-2-22-14-7-5-13(6-8-14)17(19)18-10-16(11-18)24(20,21)12-15-4-3-9-23-15/h3-9,16H,2,10-12H2,1H3. The van der Waals surface area contributed by atoms with E-state index in [2.05, 4.69) is 0 Å². The maximum absolute atomic E-state index is 12.4. The van der Waals surface area contributed by atoms with E-state index in [0.717, 1.165) is 0 Å². The van der Waals surface area contributed by atoms with Crippen molar-refractivity contribution in [2.45, 2.75) is 17.9 Å². The molecule has 7 heteroatoms. The van der Waals surface area contributed by atoms with E-state index in [9.17, 15) is 13.2 Å². The van der Waals surface area contributed by atoms with Crippen molar-refractivity contribution in [2.24, 2.45) is 0 Å². The molecule has 0 aliphatic carbocycles. The number of likely N-dealkylation sites (tertiary alicyclic amines) is 1. The van der Waals surface area contributed by atoms with Gasteiger partial charge in [-0.3, -0.25) is 4.79 Å². The van der Waals surface area contributed by atoms with Crippen LogP contribution in [0.1, 0.15) is 23.0 Å². The molecular formula is C17H19NO5S. The highest BCUT2D eigenvalue weighted by molar-refractivity contribution is 7.91. The Morgan fingerprint density at radius 2 is 1.96 bits per heavy atom. The predicted octanol–water partition coefficient (Wildman–Crippen LogP) is 2.12. The van der Waals surface area contributed by atoms with Crippen molar-refractivity contribution in [3.05, 3.63) is 54.0 Å². The molecule has 128 valence electrons. The molecule has 0 spiro atoms. The van der Waals surface area contributed by atoms with Gasteiger partial charge in [-0.15, -0.1) is 0 Å². The van der Waals surface area contributed by atoms with Crippen LogP contribution in [-0.2, 0) is 15.6 Å². The average Bonchev–Trinajstić information content (AvgIpc) is 2.98. The normalized spacial score (nSPS) is 15.1. The lowest BCUT2D eigenvalue weighted by Crippen LogP contribution is -2.57. The Bertz CT molecular complexity index is 790. The fourth-order valence-corrected chi connectivity index (χ4v) is 4.20. The van der Waals surface area contributed by atoms with Crippen LogP contribution < -0.4 is 4.74 Å². The molecule has 0 atom stereocenters. The van der Waals surface area contributed by atoms with Crippen molar-refractivity contribution in [3.63, 3.8) is 0 Å². The molecule has 0 N–H and O–H groups in total. The first kappa shape index (κ1) is 16.6. The van der Waals surface area contributed by atoms with Crippen LogP contribution in [-0.4, -0.2) is 44.2 Å². The zero-order valence-corrected chi connectivity index (χ0v) is 14.2. The van der Waals surface area contributed by atoms with Gasteiger partial charge in [0.05, 0.1) is 18.1 Å². The summed E-state index contributed by atoms with van der Waals surface area (Å²) in [5.74, 6) is 0.834. The van der Waals surface area contributed by atoms with Crippen LogP contribution in [0.4, 0.5) is 0 Å². The highest BCUT2D eigenvalue weighted by atomic mass is 32.2. The maximum Gasteiger partial charge on any atom is 0.253 e. The molecule has 1 fully saturated rings. The number of hydrogen-bond acceptors (Lipinski definition) is 5. The number of rotatable bonds is 6. The lowest BCUT2D eigenvalue weighted by molar-refractivity contribution is 0.0658. The second kappa shape index (κ2) is 6.68. The summed E-state index contributed by atoms with van der Waals surface area (Å²) in [6.07, 6.45) is 1.45. The third-order valence-electron chi connectivity index (χ3n) is 3.98. The van der Waals surface area contributed by atoms with Gasteiger partial charge in [-0.1, -0.05) is 0 Å². The minimum Gasteiger partial charge on any atom is -0.494 e. The number of ether oxygens (including phenoxy) is 1. The summed E-state index contributed by atoms with van der Waals surface area (Å²) < 4.78 is 35.0. The van der Waals surface area contributed by atoms with Gasteiger partial charge in [0.25, 0.3) is 5.91 Å². The number of carbonyl (C=O) groups is 1. The number of furan rings is 1. The van der Waals surface area contributed by atoms with Crippen LogP contribution in [0.3, 0.4) is 0 Å². The third-order valence-corrected chi connectivity index (χ3v) is 5.98. The van der Waals surface area contributed by atoms with Crippen LogP contribution in [0, 0.1) is 0 Å². The molecular weight excluding hydrogens is 330 g/mol. The number of amides is 1. The van der Waals surface area contributed by atoms with Gasteiger partial charge in [0.15, 0.2) is 9.84 Å². The molecule has 1 saturated heterocycles. The zero-order chi connectivity index (χ0) is 17.2. The number of benzene rings is 1. The molecule has 3 rings (SSSR count). The van der Waals surface area contributed by atoms with E-state index in [-0.39, 0.29) is 24.7 Å². The molecule has 0 saturated carbocycles. The molecule has 0 bridgehead atoms. The fraction of sp³-hybridized carbons (Fsp3) is 0.353. The van der Waals surface area contributed by atoms with Gasteiger partial charge in [0.1, 0.15) is 17.3 Å². The predicted molar refractivity (Wildman–Crippen MR) is 88.6 cm³/mol. The Morgan fingerprint density at radius 3 is 2.54 bits per heavy atom. The van der Waals surface area contributed by atoms with Crippen molar-refractivity contribution in [3.8, 4) is 5.75 Å². The highest BCUT2D eigenvalue weighted by Crippen LogP contribution is 2.23. The van der Waals surface area contributed by atoms with Crippen molar-refractivity contribution in [1.29, 1.82) is 0 Å². The van der Waals surface area contributed by atoms with E-state index in [1.165, 1.54) is 6.26 Å². The SMILES string of the molecule is CCOc1ccc(C(=O)N2CC(S(=O)(=O)Cc3ccco3)C2)cc1. The first-order chi connectivity index (χ1) is 11.5. The van der Waals surface area contributed by atoms with E-state index in [4.69, 9.17) is 9.15 Å². The van der Waals surface area contributed by atoms with Crippen LogP contribution >= 0.6 is 0 Å². The summed E-state index contributed by atoms with van der Waals surface area (Å²) in [5.41, 5.74) is 0.528. The maximum atomic E-state index is 12.4. The number of hydrogen-bond donors (Lipinski definition) is 0. The van der Waals surface area contributed by atoms with Crippen LogP contribution in [0.25, 0.3) is 0 Å². The van der Waals surface area contributed by atoms with Crippen molar-refractivity contribution < 1.29 is 22.4 Å². The van der Waals surface area contributed by atoms with Crippen molar-refractivity contribution in [2.75, 3.05) is 19.7 Å². The van der Waals surface area contributed by atoms with Gasteiger partial charge in [0, 0.05) is 18.7 Å². The Labute approximate surface area is 140 Å². The Balaban J connectivity index is 1.58. The number of nitrogens with zero attached hydrogens (tertiary/aromatic N) is 1. The largest absolute Gasteiger partial charge is 0.494 e. The summed E-state index contributed by atoms with van der Waals surface area (Å²) in [5, 5.41) is -0.533. The summed E-state index contributed by atoms with van der Waals surface area (Å²) in [7, 11) is -3.32. The molecule has 0 radical (unpaired) electrons. The first-order valence-corrected chi connectivity index (χ1v) is 9.47. The van der Waals surface area contributed by atoms with E-state index in [1.54, 1.807) is 41.3 Å². The third kappa shape index (κ3) is 3.46. The summed E-state index contributed by atoms with van der Waals surface area (Å²) in [4.78, 5) is 13.9. The molecule has 2 heterocycles. The molecule has 2 aromatic rings. The monoisotopic (exact) mass is 349 g/mol. The van der Waals surface area contributed by atoms with Crippen LogP contribution in [0.15, 0.2) is 47.1 Å². The second-order valence-electron chi connectivity index (χ2n) is 5.68. The molecule has 1 amide bonds. The molecule has 1 aliphatic heterocycles. The second-order valence-corrected chi connectivity index (χ2v) is 7.96. The van der Waals surface area contributed by atoms with E-state index >= 15 is 0 Å². The molecule has 1 aliphatic rings. The Kier molecular flexibility index (Phi) is 4.62. The molecule has 1 aromatic carbocycles. The zero-order valence-electron chi connectivity index (χ0n) is 13.3. The summed E-state index contributed by atoms with van der Waals surface area (Å²) in [6, 6.07) is 10.2. The van der Waals surface area contributed by atoms with Crippen LogP contribution in [0.5, 0.6) is 5.75 Å². The number of carbonyl (C=O) groups excluding carboxylic acids is 1. The summed E-state index contributed by atoms with van der Waals surface area (Å²) >= 11 is 0. The van der Waals surface area contributed by atoms with Gasteiger partial charge in [-0.25, -0.2) is 8.42 Å². The van der Waals surface area contributed by atoms with Crippen molar-refractivity contribution in [1.82, 2.24) is 4.90 Å². The topological polar surface area (TPSA) is 76.8 Å². The first-order valence-electron chi connectivity index (χ1n) is 7.75. The smallest absolute Gasteiger partial charge is 0.253 e. The molecule has 1 aromatic heterocycles. The van der Waals surface area contributed by atoms with Gasteiger partial charge in [-0.2, -0.15) is 0 Å². The minimum atomic E-state index is -3.32. The van der Waals surface area contributed by atoms with Crippen molar-refractivity contribution >= 4 is 15.7 Å². The molecule has 6 nitrogen and oxygen atoms in total. The van der Waals surface area contributed by atoms with Gasteiger partial charge in [-0.05, 0) is 43.3 Å². The average molecular weight is 349 g/mol. The van der Waals surface area contributed by atoms with Gasteiger partial charge in [0.2, 0.25) is 0 Å². The van der Waals surface area contributed by atoms with E-state index < -0.39 is 15.1 Å². The lowest BCUT2D eigenvalue weighted by Gasteiger charge is -2.38. The summed E-state index contributed by atoms with van der Waals surface area (Å²) in [6.45, 7) is 2.89. The lowest BCUT2D eigenvalue weighted by atomic mass is 10.1. The Hall–Kier alpha value is -2.28. The highest BCUT2D eigenvalue weighted by Gasteiger charge is 2.40. The van der Waals surface area contributed by atoms with E-state index in [0.29, 0.717) is 23.7 Å².